The number of ether oxygens (including phenoxy) is 2. The lowest BCUT2D eigenvalue weighted by Gasteiger charge is -2.16. The van der Waals surface area contributed by atoms with Crippen molar-refractivity contribution in [3.63, 3.8) is 0 Å². The maximum atomic E-state index is 12.7. The van der Waals surface area contributed by atoms with Crippen molar-refractivity contribution in [2.24, 2.45) is 0 Å². The number of esters is 1. The molecule has 0 N–H and O–H groups in total. The summed E-state index contributed by atoms with van der Waals surface area (Å²) in [6.07, 6.45) is 4.39. The van der Waals surface area contributed by atoms with Crippen molar-refractivity contribution in [2.45, 2.75) is 78.7 Å². The van der Waals surface area contributed by atoms with E-state index in [-0.39, 0.29) is 40.0 Å². The molecule has 0 saturated heterocycles. The molecule has 10 nitrogen and oxygen atoms in total. The monoisotopic (exact) mass is 737 g/mol. The van der Waals surface area contributed by atoms with Gasteiger partial charge < -0.3 is 13.9 Å². The second-order valence-corrected chi connectivity index (χ2v) is 13.9. The van der Waals surface area contributed by atoms with E-state index in [1.807, 2.05) is 34.6 Å². The number of halogens is 4. The van der Waals surface area contributed by atoms with E-state index >= 15 is 0 Å². The number of carbonyl (C=O) groups excluding carboxylic acids is 3. The summed E-state index contributed by atoms with van der Waals surface area (Å²) in [6, 6.07) is 7.84. The van der Waals surface area contributed by atoms with Crippen LogP contribution in [0.25, 0.3) is 11.8 Å². The van der Waals surface area contributed by atoms with E-state index < -0.39 is 11.7 Å². The number of amides is 2. The molecule has 1 aliphatic carbocycles. The first-order chi connectivity index (χ1) is 22.5. The van der Waals surface area contributed by atoms with Crippen LogP contribution in [0.3, 0.4) is 0 Å². The molecule has 2 aliphatic rings. The van der Waals surface area contributed by atoms with Gasteiger partial charge in [-0.25, -0.2) is 14.5 Å². The summed E-state index contributed by atoms with van der Waals surface area (Å²) in [5.41, 5.74) is 2.02. The summed E-state index contributed by atoms with van der Waals surface area (Å²) in [4.78, 5) is 50.2. The van der Waals surface area contributed by atoms with E-state index in [1.165, 1.54) is 17.0 Å². The third kappa shape index (κ3) is 8.34. The van der Waals surface area contributed by atoms with Gasteiger partial charge in [-0.05, 0) is 82.4 Å². The molecular formula is C34H35Cl4N3O7. The van der Waals surface area contributed by atoms with Crippen molar-refractivity contribution in [1.29, 1.82) is 0 Å². The Morgan fingerprint density at radius 2 is 1.60 bits per heavy atom. The number of benzene rings is 2. The summed E-state index contributed by atoms with van der Waals surface area (Å²) in [6.45, 7) is 11.3. The van der Waals surface area contributed by atoms with Gasteiger partial charge in [-0.1, -0.05) is 67.2 Å². The zero-order chi connectivity index (χ0) is 35.5. The number of nitrogens with zero attached hydrogens (tertiary/aromatic N) is 3. The van der Waals surface area contributed by atoms with E-state index in [9.17, 15) is 19.2 Å². The molecule has 0 spiro atoms. The largest absolute Gasteiger partial charge is 0.489 e. The number of carbonyl (C=O) groups is 3. The van der Waals surface area contributed by atoms with Gasteiger partial charge in [-0.15, -0.1) is 5.10 Å². The van der Waals surface area contributed by atoms with Gasteiger partial charge in [0.05, 0.1) is 34.1 Å². The van der Waals surface area contributed by atoms with Crippen molar-refractivity contribution in [3.8, 4) is 11.4 Å². The first-order valence-corrected chi connectivity index (χ1v) is 16.8. The van der Waals surface area contributed by atoms with E-state index in [2.05, 4.69) is 5.10 Å². The Bertz CT molecular complexity index is 1840. The van der Waals surface area contributed by atoms with Crippen LogP contribution in [0.1, 0.15) is 78.7 Å². The molecule has 0 unspecified atom stereocenters. The van der Waals surface area contributed by atoms with Crippen LogP contribution in [-0.2, 0) is 24.5 Å². The van der Waals surface area contributed by atoms with Crippen LogP contribution < -0.4 is 15.4 Å². The second kappa shape index (κ2) is 15.3. The van der Waals surface area contributed by atoms with Gasteiger partial charge in [0, 0.05) is 27.7 Å². The minimum absolute atomic E-state index is 0.0642. The fraction of sp³-hybridized carbons (Fsp3) is 0.382. The molecule has 0 radical (unpaired) electrons. The average Bonchev–Trinajstić information content (AvgIpc) is 3.53. The molecule has 5 rings (SSSR count). The van der Waals surface area contributed by atoms with Gasteiger partial charge in [0.15, 0.2) is 0 Å². The Morgan fingerprint density at radius 1 is 0.979 bits per heavy atom. The topological polar surface area (TPSA) is 121 Å². The zero-order valence-electron chi connectivity index (χ0n) is 27.3. The smallest absolute Gasteiger partial charge is 0.442 e. The lowest BCUT2D eigenvalue weighted by Crippen LogP contribution is -2.31. The predicted molar refractivity (Wildman–Crippen MR) is 186 cm³/mol. The Labute approximate surface area is 298 Å². The molecule has 256 valence electrons. The average molecular weight is 739 g/mol. The minimum Gasteiger partial charge on any atom is -0.489 e. The van der Waals surface area contributed by atoms with Crippen molar-refractivity contribution < 1.29 is 28.3 Å². The highest BCUT2D eigenvalue weighted by atomic mass is 35.5. The van der Waals surface area contributed by atoms with Crippen molar-refractivity contribution in [2.75, 3.05) is 11.5 Å². The highest BCUT2D eigenvalue weighted by molar-refractivity contribution is 6.44. The summed E-state index contributed by atoms with van der Waals surface area (Å²) in [5, 5.41) is 5.08. The Kier molecular flexibility index (Phi) is 11.9. The van der Waals surface area contributed by atoms with Crippen LogP contribution in [0.2, 0.25) is 15.1 Å². The fourth-order valence-corrected chi connectivity index (χ4v) is 5.76. The van der Waals surface area contributed by atoms with Gasteiger partial charge in [0.25, 0.3) is 11.8 Å². The third-order valence-corrected chi connectivity index (χ3v) is 8.37. The molecule has 2 amide bonds. The van der Waals surface area contributed by atoms with Crippen LogP contribution >= 0.6 is 46.4 Å². The van der Waals surface area contributed by atoms with Crippen molar-refractivity contribution >= 4 is 76.0 Å². The lowest BCUT2D eigenvalue weighted by molar-refractivity contribution is -0.137. The van der Waals surface area contributed by atoms with E-state index in [4.69, 9.17) is 60.3 Å². The molecule has 0 bridgehead atoms. The quantitative estimate of drug-likeness (QED) is 0.135. The normalized spacial score (nSPS) is 15.1. The van der Waals surface area contributed by atoms with Crippen LogP contribution in [-0.4, -0.2) is 40.3 Å². The minimum atomic E-state index is -0.666. The summed E-state index contributed by atoms with van der Waals surface area (Å²) >= 11 is 24.4. The van der Waals surface area contributed by atoms with Crippen LogP contribution in [0.4, 0.5) is 5.69 Å². The van der Waals surface area contributed by atoms with Crippen molar-refractivity contribution in [3.05, 3.63) is 83.6 Å². The molecule has 1 aromatic heterocycles. The molecule has 0 atom stereocenters. The summed E-state index contributed by atoms with van der Waals surface area (Å²) in [7, 11) is 0. The first-order valence-electron chi connectivity index (χ1n) is 15.2. The number of imide groups is 1. The highest BCUT2D eigenvalue weighted by Gasteiger charge is 2.39. The maximum absolute atomic E-state index is 12.7. The Balaban J connectivity index is 0.000000220. The molecule has 1 aliphatic heterocycles. The van der Waals surface area contributed by atoms with Crippen LogP contribution in [0, 0.1) is 0 Å². The number of anilines is 1. The van der Waals surface area contributed by atoms with Gasteiger partial charge in [0.1, 0.15) is 10.8 Å². The number of hydrogen-bond donors (Lipinski definition) is 0. The van der Waals surface area contributed by atoms with Gasteiger partial charge >= 0.3 is 11.7 Å². The lowest BCUT2D eigenvalue weighted by atomic mass is 9.93. The first kappa shape index (κ1) is 37.3. The summed E-state index contributed by atoms with van der Waals surface area (Å²) < 4.78 is 16.8. The maximum Gasteiger partial charge on any atom is 0.442 e. The van der Waals surface area contributed by atoms with Crippen LogP contribution in [0.5, 0.6) is 5.75 Å². The molecular weight excluding hydrogens is 704 g/mol. The molecule has 2 aromatic carbocycles. The SMILES string of the molecule is CC(C)Oc1cc(-n2nc(C(C)(C)C)oc2=O)c(Cl)cc1Cl.CCOC(=O)/C(Cl)=C/c1cc(N2C(=O)C3=C(CCCC3)C2=O)ccc1Cl. The van der Waals surface area contributed by atoms with Gasteiger partial charge in [0.2, 0.25) is 5.89 Å². The summed E-state index contributed by atoms with van der Waals surface area (Å²) in [5.74, 6) is -1.07. The third-order valence-electron chi connectivity index (χ3n) is 7.16. The molecule has 14 heteroatoms. The standard InChI is InChI=1S/C19H17Cl2NO4.C15H18Cl2N2O3/c1-2-26-19(25)16(21)10-11-9-12(7-8-15(11)20)22-17(23)13-5-3-4-6-14(13)18(22)24;1-8(2)21-12-7-11(9(16)6-10(12)17)19-14(20)22-13(18-19)15(3,4)5/h7-10H,2-6H2,1H3;6-8H,1-5H3/b16-10-;. The second-order valence-electron chi connectivity index (χ2n) is 12.3. The fourth-order valence-electron chi connectivity index (χ4n) is 4.91. The molecule has 0 fully saturated rings. The Morgan fingerprint density at radius 3 is 2.15 bits per heavy atom. The van der Waals surface area contributed by atoms with Gasteiger partial charge in [-0.3, -0.25) is 9.59 Å². The molecule has 0 saturated carbocycles. The number of aromatic nitrogens is 2. The molecule has 48 heavy (non-hydrogen) atoms. The number of hydrogen-bond acceptors (Lipinski definition) is 8. The molecule has 2 heterocycles. The van der Waals surface area contributed by atoms with E-state index in [1.54, 1.807) is 31.2 Å². The highest BCUT2D eigenvalue weighted by Crippen LogP contribution is 2.37. The van der Waals surface area contributed by atoms with Gasteiger partial charge in [-0.2, -0.15) is 4.68 Å². The Hall–Kier alpha value is -3.57. The van der Waals surface area contributed by atoms with E-state index in [0.29, 0.717) is 62.6 Å². The van der Waals surface area contributed by atoms with E-state index in [0.717, 1.165) is 17.5 Å². The molecule has 3 aromatic rings. The predicted octanol–water partition coefficient (Wildman–Crippen LogP) is 8.44. The van der Waals surface area contributed by atoms with Crippen LogP contribution in [0.15, 0.2) is 55.7 Å². The number of rotatable bonds is 7. The van der Waals surface area contributed by atoms with Crippen molar-refractivity contribution in [1.82, 2.24) is 9.78 Å². The zero-order valence-corrected chi connectivity index (χ0v) is 30.3.